The van der Waals surface area contributed by atoms with Gasteiger partial charge in [-0.1, -0.05) is 48.0 Å². The second-order valence-electron chi connectivity index (χ2n) is 10.5. The van der Waals surface area contributed by atoms with Gasteiger partial charge in [-0.05, 0) is 48.1 Å². The first kappa shape index (κ1) is 31.9. The maximum Gasteiger partial charge on any atom is 0.243 e. The third-order valence-electron chi connectivity index (χ3n) is 7.51. The Hall–Kier alpha value is -3.03. The van der Waals surface area contributed by atoms with Crippen LogP contribution in [0.3, 0.4) is 0 Å². The molecule has 13 heteroatoms. The third-order valence-corrected chi connectivity index (χ3v) is 9.10. The van der Waals surface area contributed by atoms with Gasteiger partial charge in [0.15, 0.2) is 0 Å². The minimum atomic E-state index is -3.94. The van der Waals surface area contributed by atoms with E-state index in [1.165, 1.54) is 4.90 Å². The van der Waals surface area contributed by atoms with Crippen LogP contribution in [0.15, 0.2) is 48.5 Å². The maximum absolute atomic E-state index is 13.8. The van der Waals surface area contributed by atoms with E-state index in [4.69, 9.17) is 22.1 Å². The van der Waals surface area contributed by atoms with Crippen LogP contribution in [-0.4, -0.2) is 80.9 Å². The number of sulfonamides is 1. The van der Waals surface area contributed by atoms with Crippen molar-refractivity contribution in [1.82, 2.24) is 19.8 Å². The highest BCUT2D eigenvalue weighted by molar-refractivity contribution is 7.88. The smallest absolute Gasteiger partial charge is 0.243 e. The summed E-state index contributed by atoms with van der Waals surface area (Å²) >= 11 is 6.13. The van der Waals surface area contributed by atoms with Gasteiger partial charge in [-0.15, -0.1) is 0 Å². The van der Waals surface area contributed by atoms with Crippen LogP contribution in [0.4, 0.5) is 0 Å². The molecule has 2 aliphatic rings. The molecule has 4 rings (SSSR count). The van der Waals surface area contributed by atoms with Crippen molar-refractivity contribution in [2.24, 2.45) is 5.73 Å². The van der Waals surface area contributed by atoms with Crippen LogP contribution in [0, 0.1) is 0 Å². The van der Waals surface area contributed by atoms with E-state index < -0.39 is 28.0 Å². The summed E-state index contributed by atoms with van der Waals surface area (Å²) in [5.74, 6) is -1.36. The highest BCUT2D eigenvalue weighted by Crippen LogP contribution is 2.22. The molecular weight excluding hydrogens is 582 g/mol. The Kier molecular flexibility index (Phi) is 11.3. The van der Waals surface area contributed by atoms with Gasteiger partial charge >= 0.3 is 0 Å². The molecule has 0 radical (unpaired) electrons. The number of rotatable bonds is 12. The fourth-order valence-corrected chi connectivity index (χ4v) is 6.85. The standard InChI is InChI=1S/C29H38ClN5O6S/c30-24-9-8-22(18-31)23(17-24)19-32-28(37)26-7-4-12-35(26)29(38)25(10-11-27(36)34-13-15-41-16-14-34)33-42(39,40)20-21-5-2-1-3-6-21/h1-3,5-6,8-9,17,25-26,33H,4,7,10-16,18-20,31H2,(H,32,37). The number of likely N-dealkylation sites (tertiary alicyclic amines) is 1. The molecule has 2 aliphatic heterocycles. The fraction of sp³-hybridized carbons (Fsp3) is 0.483. The number of nitrogens with two attached hydrogens (primary N) is 1. The Morgan fingerprint density at radius 2 is 1.79 bits per heavy atom. The first-order valence-corrected chi connectivity index (χ1v) is 16.1. The van der Waals surface area contributed by atoms with E-state index >= 15 is 0 Å². The summed E-state index contributed by atoms with van der Waals surface area (Å²) in [6, 6.07) is 11.9. The van der Waals surface area contributed by atoms with Gasteiger partial charge < -0.3 is 25.6 Å². The predicted molar refractivity (Wildman–Crippen MR) is 159 cm³/mol. The van der Waals surface area contributed by atoms with E-state index in [0.717, 1.165) is 11.1 Å². The number of morpholine rings is 1. The number of carbonyl (C=O) groups is 3. The van der Waals surface area contributed by atoms with Gasteiger partial charge in [0.05, 0.1) is 19.0 Å². The van der Waals surface area contributed by atoms with Crippen LogP contribution in [0.2, 0.25) is 5.02 Å². The van der Waals surface area contributed by atoms with Crippen LogP contribution in [-0.2, 0) is 48.0 Å². The van der Waals surface area contributed by atoms with E-state index in [2.05, 4.69) is 10.0 Å². The number of benzene rings is 2. The quantitative estimate of drug-likeness (QED) is 0.326. The number of hydrogen-bond acceptors (Lipinski definition) is 7. The topological polar surface area (TPSA) is 151 Å². The van der Waals surface area contributed by atoms with Crippen molar-refractivity contribution in [2.45, 2.75) is 56.6 Å². The Morgan fingerprint density at radius 1 is 1.05 bits per heavy atom. The summed E-state index contributed by atoms with van der Waals surface area (Å²) in [6.45, 7) is 2.54. The summed E-state index contributed by atoms with van der Waals surface area (Å²) in [5.41, 5.74) is 8.01. The van der Waals surface area contributed by atoms with Crippen LogP contribution >= 0.6 is 11.6 Å². The lowest BCUT2D eigenvalue weighted by molar-refractivity contribution is -0.140. The predicted octanol–water partition coefficient (Wildman–Crippen LogP) is 1.53. The van der Waals surface area contributed by atoms with Crippen molar-refractivity contribution in [3.05, 3.63) is 70.2 Å². The molecule has 228 valence electrons. The molecule has 3 amide bonds. The largest absolute Gasteiger partial charge is 0.378 e. The lowest BCUT2D eigenvalue weighted by Crippen LogP contribution is -2.53. The van der Waals surface area contributed by atoms with E-state index in [1.807, 2.05) is 0 Å². The Labute approximate surface area is 251 Å². The van der Waals surface area contributed by atoms with Gasteiger partial charge in [-0.3, -0.25) is 14.4 Å². The molecule has 2 aromatic carbocycles. The number of hydrogen-bond donors (Lipinski definition) is 3. The number of halogens is 1. The van der Waals surface area contributed by atoms with Crippen molar-refractivity contribution in [3.8, 4) is 0 Å². The van der Waals surface area contributed by atoms with Crippen molar-refractivity contribution in [3.63, 3.8) is 0 Å². The monoisotopic (exact) mass is 619 g/mol. The summed E-state index contributed by atoms with van der Waals surface area (Å²) in [6.07, 6.45) is 0.972. The van der Waals surface area contributed by atoms with Crippen molar-refractivity contribution in [1.29, 1.82) is 0 Å². The lowest BCUT2D eigenvalue weighted by atomic mass is 10.1. The van der Waals surface area contributed by atoms with Crippen molar-refractivity contribution < 1.29 is 27.5 Å². The first-order valence-electron chi connectivity index (χ1n) is 14.1. The van der Waals surface area contributed by atoms with Crippen molar-refractivity contribution in [2.75, 3.05) is 32.8 Å². The highest BCUT2D eigenvalue weighted by Gasteiger charge is 2.38. The molecule has 2 unspecified atom stereocenters. The van der Waals surface area contributed by atoms with Gasteiger partial charge in [0.2, 0.25) is 27.7 Å². The molecule has 2 atom stereocenters. The zero-order chi connectivity index (χ0) is 30.1. The van der Waals surface area contributed by atoms with Gasteiger partial charge in [-0.2, -0.15) is 0 Å². The normalized spacial score (nSPS) is 18.1. The van der Waals surface area contributed by atoms with Crippen LogP contribution in [0.25, 0.3) is 0 Å². The average Bonchev–Trinajstić information content (AvgIpc) is 3.48. The lowest BCUT2D eigenvalue weighted by Gasteiger charge is -2.30. The third kappa shape index (κ3) is 8.74. The number of amides is 3. The number of nitrogens with zero attached hydrogens (tertiary/aromatic N) is 2. The SMILES string of the molecule is NCc1ccc(Cl)cc1CNC(=O)C1CCCN1C(=O)C(CCC(=O)N1CCOCC1)NS(=O)(=O)Cc1ccccc1. The van der Waals surface area contributed by atoms with Gasteiger partial charge in [0.25, 0.3) is 0 Å². The zero-order valence-electron chi connectivity index (χ0n) is 23.5. The second kappa shape index (κ2) is 14.9. The molecule has 2 heterocycles. The summed E-state index contributed by atoms with van der Waals surface area (Å²) in [5, 5.41) is 3.40. The molecule has 0 bridgehead atoms. The molecule has 2 aromatic rings. The molecule has 0 aromatic heterocycles. The minimum Gasteiger partial charge on any atom is -0.378 e. The molecular formula is C29H38ClN5O6S. The number of ether oxygens (including phenoxy) is 1. The maximum atomic E-state index is 13.8. The van der Waals surface area contributed by atoms with Crippen LogP contribution in [0.5, 0.6) is 0 Å². The van der Waals surface area contributed by atoms with E-state index in [9.17, 15) is 22.8 Å². The molecule has 42 heavy (non-hydrogen) atoms. The van der Waals surface area contributed by atoms with E-state index in [0.29, 0.717) is 56.3 Å². The number of carbonyl (C=O) groups excluding carboxylic acids is 3. The van der Waals surface area contributed by atoms with Crippen LogP contribution < -0.4 is 15.8 Å². The van der Waals surface area contributed by atoms with Gasteiger partial charge in [0.1, 0.15) is 12.1 Å². The minimum absolute atomic E-state index is 0.0222. The Morgan fingerprint density at radius 3 is 2.50 bits per heavy atom. The summed E-state index contributed by atoms with van der Waals surface area (Å²) < 4.78 is 34.1. The molecule has 4 N–H and O–H groups in total. The van der Waals surface area contributed by atoms with Crippen LogP contribution in [0.1, 0.15) is 42.4 Å². The molecule has 2 fully saturated rings. The Bertz CT molecular complexity index is 1350. The molecule has 0 spiro atoms. The number of nitrogens with one attached hydrogen (secondary N) is 2. The second-order valence-corrected chi connectivity index (χ2v) is 12.7. The highest BCUT2D eigenvalue weighted by atomic mass is 35.5. The fourth-order valence-electron chi connectivity index (χ4n) is 5.29. The van der Waals surface area contributed by atoms with Crippen molar-refractivity contribution >= 4 is 39.3 Å². The molecule has 0 aliphatic carbocycles. The molecule has 0 saturated carbocycles. The zero-order valence-corrected chi connectivity index (χ0v) is 25.0. The summed E-state index contributed by atoms with van der Waals surface area (Å²) in [4.78, 5) is 43.0. The first-order chi connectivity index (χ1) is 20.2. The van der Waals surface area contributed by atoms with E-state index in [1.54, 1.807) is 53.4 Å². The van der Waals surface area contributed by atoms with Gasteiger partial charge in [-0.25, -0.2) is 13.1 Å². The summed E-state index contributed by atoms with van der Waals surface area (Å²) in [7, 11) is -3.94. The molecule has 2 saturated heterocycles. The van der Waals surface area contributed by atoms with E-state index in [-0.39, 0.29) is 43.5 Å². The average molecular weight is 620 g/mol. The van der Waals surface area contributed by atoms with Gasteiger partial charge in [0, 0.05) is 44.2 Å². The Balaban J connectivity index is 1.46. The molecule has 11 nitrogen and oxygen atoms in total.